The number of rotatable bonds is 7. The predicted octanol–water partition coefficient (Wildman–Crippen LogP) is 3.20. The number of amides is 1. The van der Waals surface area contributed by atoms with Gasteiger partial charge in [-0.3, -0.25) is 4.79 Å². The van der Waals surface area contributed by atoms with E-state index < -0.39 is 18.0 Å². The molecule has 2 aromatic rings. The molecule has 27 heavy (non-hydrogen) atoms. The van der Waals surface area contributed by atoms with Crippen molar-refractivity contribution in [3.05, 3.63) is 47.5 Å². The highest BCUT2D eigenvalue weighted by Gasteiger charge is 2.22. The molecule has 0 aliphatic rings. The van der Waals surface area contributed by atoms with Crippen LogP contribution in [0.4, 0.5) is 5.69 Å². The second-order valence-corrected chi connectivity index (χ2v) is 5.81. The number of carbonyl (C=O) groups is 2. The third-order valence-electron chi connectivity index (χ3n) is 3.86. The van der Waals surface area contributed by atoms with Crippen LogP contribution in [-0.4, -0.2) is 39.3 Å². The molecule has 0 radical (unpaired) electrons. The van der Waals surface area contributed by atoms with Gasteiger partial charge in [-0.15, -0.1) is 0 Å². The van der Waals surface area contributed by atoms with Crippen molar-refractivity contribution in [1.29, 1.82) is 0 Å². The van der Waals surface area contributed by atoms with Crippen LogP contribution in [0.1, 0.15) is 22.8 Å². The molecule has 1 atom stereocenters. The molecule has 2 aromatic carbocycles. The fraction of sp³-hybridized carbons (Fsp3) is 0.300. The number of methoxy groups -OCH3 is 3. The van der Waals surface area contributed by atoms with E-state index in [2.05, 4.69) is 5.32 Å². The van der Waals surface area contributed by atoms with Crippen molar-refractivity contribution >= 4 is 17.6 Å². The van der Waals surface area contributed by atoms with E-state index in [4.69, 9.17) is 18.9 Å². The molecule has 1 amide bonds. The number of esters is 1. The minimum Gasteiger partial charge on any atom is -0.493 e. The van der Waals surface area contributed by atoms with Gasteiger partial charge in [0.2, 0.25) is 0 Å². The summed E-state index contributed by atoms with van der Waals surface area (Å²) >= 11 is 0. The highest BCUT2D eigenvalue weighted by Crippen LogP contribution is 2.34. The summed E-state index contributed by atoms with van der Waals surface area (Å²) in [6.45, 7) is 3.56. The molecule has 0 saturated heterocycles. The van der Waals surface area contributed by atoms with Crippen LogP contribution in [-0.2, 0) is 9.53 Å². The molecule has 0 spiro atoms. The summed E-state index contributed by atoms with van der Waals surface area (Å²) in [6, 6.07) is 10.3. The van der Waals surface area contributed by atoms with Crippen molar-refractivity contribution in [3.8, 4) is 17.2 Å². The van der Waals surface area contributed by atoms with E-state index in [0.717, 1.165) is 5.56 Å². The highest BCUT2D eigenvalue weighted by molar-refractivity contribution is 6.03. The number of aryl methyl sites for hydroxylation is 1. The van der Waals surface area contributed by atoms with Crippen LogP contribution in [0.3, 0.4) is 0 Å². The Bertz CT molecular complexity index is 833. The fourth-order valence-electron chi connectivity index (χ4n) is 2.44. The van der Waals surface area contributed by atoms with Crippen LogP contribution >= 0.6 is 0 Å². The summed E-state index contributed by atoms with van der Waals surface area (Å²) in [5, 5.41) is 2.69. The predicted molar refractivity (Wildman–Crippen MR) is 101 cm³/mol. The summed E-state index contributed by atoms with van der Waals surface area (Å²) < 4.78 is 20.9. The lowest BCUT2D eigenvalue weighted by atomic mass is 10.1. The maximum absolute atomic E-state index is 12.6. The second kappa shape index (κ2) is 8.93. The van der Waals surface area contributed by atoms with E-state index in [1.807, 2.05) is 25.1 Å². The molecule has 1 unspecified atom stereocenters. The number of hydrogen-bond acceptors (Lipinski definition) is 6. The second-order valence-electron chi connectivity index (χ2n) is 5.81. The number of anilines is 1. The molecule has 1 N–H and O–H groups in total. The van der Waals surface area contributed by atoms with Crippen LogP contribution in [0.15, 0.2) is 36.4 Å². The lowest BCUT2D eigenvalue weighted by Crippen LogP contribution is -2.30. The van der Waals surface area contributed by atoms with Gasteiger partial charge in [-0.1, -0.05) is 12.1 Å². The van der Waals surface area contributed by atoms with Crippen molar-refractivity contribution in [3.63, 3.8) is 0 Å². The lowest BCUT2D eigenvalue weighted by Gasteiger charge is -2.18. The third-order valence-corrected chi connectivity index (χ3v) is 3.86. The Morgan fingerprint density at radius 3 is 2.26 bits per heavy atom. The third kappa shape index (κ3) is 4.91. The van der Waals surface area contributed by atoms with E-state index in [9.17, 15) is 9.59 Å². The number of benzene rings is 2. The van der Waals surface area contributed by atoms with Gasteiger partial charge in [0.05, 0.1) is 32.6 Å². The Balaban J connectivity index is 2.25. The van der Waals surface area contributed by atoms with Crippen molar-refractivity contribution < 1.29 is 28.5 Å². The summed E-state index contributed by atoms with van der Waals surface area (Å²) in [5.74, 6) is 0.262. The van der Waals surface area contributed by atoms with Gasteiger partial charge in [0, 0.05) is 12.1 Å². The van der Waals surface area contributed by atoms with Crippen LogP contribution in [0.2, 0.25) is 0 Å². The molecule has 7 heteroatoms. The summed E-state index contributed by atoms with van der Waals surface area (Å²) in [4.78, 5) is 24.6. The van der Waals surface area contributed by atoms with Gasteiger partial charge < -0.3 is 24.3 Å². The van der Waals surface area contributed by atoms with Gasteiger partial charge in [0.1, 0.15) is 5.75 Å². The summed E-state index contributed by atoms with van der Waals surface area (Å²) in [5.41, 5.74) is 1.41. The minimum atomic E-state index is -0.787. The monoisotopic (exact) mass is 373 g/mol. The Kier molecular flexibility index (Phi) is 6.65. The minimum absolute atomic E-state index is 0.145. The average Bonchev–Trinajstić information content (AvgIpc) is 2.66. The first-order chi connectivity index (χ1) is 12.9. The molecule has 2 rings (SSSR count). The van der Waals surface area contributed by atoms with Gasteiger partial charge in [-0.2, -0.15) is 0 Å². The van der Waals surface area contributed by atoms with Crippen LogP contribution in [0.25, 0.3) is 0 Å². The largest absolute Gasteiger partial charge is 0.493 e. The van der Waals surface area contributed by atoms with E-state index >= 15 is 0 Å². The maximum atomic E-state index is 12.6. The Labute approximate surface area is 158 Å². The summed E-state index contributed by atoms with van der Waals surface area (Å²) in [7, 11) is 4.17. The first-order valence-electron chi connectivity index (χ1n) is 8.28. The normalized spacial score (nSPS) is 11.3. The Morgan fingerprint density at radius 1 is 1.00 bits per heavy atom. The molecule has 0 heterocycles. The van der Waals surface area contributed by atoms with Crippen LogP contribution < -0.4 is 19.5 Å². The number of hydrogen-bond donors (Lipinski definition) is 1. The molecule has 0 bridgehead atoms. The molecule has 7 nitrogen and oxygen atoms in total. The molecule has 0 saturated carbocycles. The lowest BCUT2D eigenvalue weighted by molar-refractivity contribution is -0.122. The van der Waals surface area contributed by atoms with Gasteiger partial charge in [0.15, 0.2) is 17.6 Å². The van der Waals surface area contributed by atoms with Crippen molar-refractivity contribution in [2.24, 2.45) is 0 Å². The summed E-state index contributed by atoms with van der Waals surface area (Å²) in [6.07, 6.45) is -0.787. The zero-order chi connectivity index (χ0) is 20.0. The molecule has 144 valence electrons. The first kappa shape index (κ1) is 20.1. The topological polar surface area (TPSA) is 83.1 Å². The number of nitrogens with one attached hydrogen (secondary N) is 1. The molecular formula is C20H23NO6. The maximum Gasteiger partial charge on any atom is 0.340 e. The van der Waals surface area contributed by atoms with E-state index in [1.54, 1.807) is 13.0 Å². The van der Waals surface area contributed by atoms with Gasteiger partial charge in [0.25, 0.3) is 5.91 Å². The molecule has 0 aliphatic carbocycles. The Morgan fingerprint density at radius 2 is 1.67 bits per heavy atom. The highest BCUT2D eigenvalue weighted by atomic mass is 16.5. The van der Waals surface area contributed by atoms with Crippen LogP contribution in [0.5, 0.6) is 17.2 Å². The van der Waals surface area contributed by atoms with Crippen LogP contribution in [0, 0.1) is 6.92 Å². The smallest absolute Gasteiger partial charge is 0.340 e. The molecular weight excluding hydrogens is 350 g/mol. The molecule has 0 fully saturated rings. The zero-order valence-electron chi connectivity index (χ0n) is 16.0. The van der Waals surface area contributed by atoms with E-state index in [1.165, 1.54) is 33.5 Å². The van der Waals surface area contributed by atoms with Crippen molar-refractivity contribution in [2.45, 2.75) is 20.0 Å². The average molecular weight is 373 g/mol. The first-order valence-corrected chi connectivity index (χ1v) is 8.28. The number of carbonyl (C=O) groups excluding carboxylic acids is 2. The van der Waals surface area contributed by atoms with E-state index in [0.29, 0.717) is 17.2 Å². The Hall–Kier alpha value is -3.22. The number of ether oxygens (including phenoxy) is 4. The van der Waals surface area contributed by atoms with Crippen molar-refractivity contribution in [1.82, 2.24) is 0 Å². The molecule has 0 aliphatic heterocycles. The van der Waals surface area contributed by atoms with Gasteiger partial charge >= 0.3 is 5.97 Å². The van der Waals surface area contributed by atoms with Gasteiger partial charge in [-0.05, 0) is 31.5 Å². The van der Waals surface area contributed by atoms with Gasteiger partial charge in [-0.25, -0.2) is 4.79 Å². The fourth-order valence-corrected chi connectivity index (χ4v) is 2.44. The standard InChI is InChI=1S/C20H23NO6/c1-12-7-6-8-14(9-12)27-13(2)19(22)21-16-11-18(25-4)17(24-3)10-15(16)20(23)26-5/h6-11,13H,1-5H3,(H,21,22). The zero-order valence-corrected chi connectivity index (χ0v) is 16.0. The van der Waals surface area contributed by atoms with E-state index in [-0.39, 0.29) is 11.3 Å². The SMILES string of the molecule is COC(=O)c1cc(OC)c(OC)cc1NC(=O)C(C)Oc1cccc(C)c1. The van der Waals surface area contributed by atoms with Crippen molar-refractivity contribution in [2.75, 3.05) is 26.6 Å². The quantitative estimate of drug-likeness (QED) is 0.751. The molecule has 0 aromatic heterocycles.